The van der Waals surface area contributed by atoms with Crippen molar-refractivity contribution in [2.24, 2.45) is 5.92 Å². The van der Waals surface area contributed by atoms with E-state index in [0.717, 1.165) is 5.56 Å². The predicted molar refractivity (Wildman–Crippen MR) is 121 cm³/mol. The Balaban J connectivity index is 1.46. The van der Waals surface area contributed by atoms with Crippen LogP contribution in [-0.2, 0) is 16.2 Å². The van der Waals surface area contributed by atoms with Crippen molar-refractivity contribution in [3.8, 4) is 17.2 Å². The maximum atomic E-state index is 13.0. The van der Waals surface area contributed by atoms with Gasteiger partial charge >= 0.3 is 0 Å². The van der Waals surface area contributed by atoms with Gasteiger partial charge in [-0.3, -0.25) is 14.6 Å². The highest BCUT2D eigenvalue weighted by Gasteiger charge is 2.37. The summed E-state index contributed by atoms with van der Waals surface area (Å²) in [5, 5.41) is 2.81. The summed E-state index contributed by atoms with van der Waals surface area (Å²) in [5.41, 5.74) is 1.51. The Morgan fingerprint density at radius 1 is 1.09 bits per heavy atom. The van der Waals surface area contributed by atoms with Crippen LogP contribution in [0.5, 0.6) is 17.2 Å². The van der Waals surface area contributed by atoms with E-state index >= 15 is 0 Å². The molecule has 1 N–H and O–H groups in total. The van der Waals surface area contributed by atoms with Crippen LogP contribution in [0.4, 0.5) is 11.5 Å². The lowest BCUT2D eigenvalue weighted by molar-refractivity contribution is -0.122. The summed E-state index contributed by atoms with van der Waals surface area (Å²) in [7, 11) is 3.08. The smallest absolute Gasteiger partial charge is 0.231 e. The number of anilines is 2. The van der Waals surface area contributed by atoms with Gasteiger partial charge in [0.15, 0.2) is 11.6 Å². The molecule has 3 aromatic rings. The number of hydrogen-bond donors (Lipinski definition) is 1. The van der Waals surface area contributed by atoms with Crippen LogP contribution in [0, 0.1) is 5.92 Å². The average molecular weight is 448 g/mol. The average Bonchev–Trinajstić information content (AvgIpc) is 3.25. The van der Waals surface area contributed by atoms with Crippen molar-refractivity contribution in [3.05, 3.63) is 66.6 Å². The standard InChI is InChI=1S/C24H24N4O5/c1-31-18-5-6-20(32-2)19(13-18)28-14-17(12-22(28)29)24(30)27-23-21(4-3-9-26-23)33-15-16-7-10-25-11-8-16/h3-11,13,17H,12,14-15H2,1-2H3,(H,26,27,30). The summed E-state index contributed by atoms with van der Waals surface area (Å²) in [4.78, 5) is 35.5. The van der Waals surface area contributed by atoms with E-state index in [1.165, 1.54) is 7.11 Å². The number of rotatable bonds is 8. The summed E-state index contributed by atoms with van der Waals surface area (Å²) in [6, 6.07) is 12.4. The van der Waals surface area contributed by atoms with Crippen molar-refractivity contribution in [2.45, 2.75) is 13.0 Å². The molecule has 1 saturated heterocycles. The van der Waals surface area contributed by atoms with E-state index in [4.69, 9.17) is 14.2 Å². The van der Waals surface area contributed by atoms with E-state index < -0.39 is 5.92 Å². The molecular formula is C24H24N4O5. The highest BCUT2D eigenvalue weighted by molar-refractivity contribution is 6.04. The molecule has 1 fully saturated rings. The zero-order chi connectivity index (χ0) is 23.2. The van der Waals surface area contributed by atoms with Crippen molar-refractivity contribution in [1.82, 2.24) is 9.97 Å². The van der Waals surface area contributed by atoms with Gasteiger partial charge in [-0.25, -0.2) is 4.98 Å². The van der Waals surface area contributed by atoms with Crippen molar-refractivity contribution in [3.63, 3.8) is 0 Å². The first-order chi connectivity index (χ1) is 16.1. The number of carbonyl (C=O) groups is 2. The zero-order valence-corrected chi connectivity index (χ0v) is 18.4. The normalized spacial score (nSPS) is 15.3. The van der Waals surface area contributed by atoms with Crippen LogP contribution in [0.2, 0.25) is 0 Å². The fourth-order valence-electron chi connectivity index (χ4n) is 3.58. The molecule has 2 amide bonds. The first-order valence-corrected chi connectivity index (χ1v) is 10.4. The van der Waals surface area contributed by atoms with Gasteiger partial charge < -0.3 is 24.4 Å². The minimum absolute atomic E-state index is 0.0756. The zero-order valence-electron chi connectivity index (χ0n) is 18.4. The number of benzene rings is 1. The molecule has 2 aromatic heterocycles. The Morgan fingerprint density at radius 2 is 1.91 bits per heavy atom. The third-order valence-electron chi connectivity index (χ3n) is 5.33. The largest absolute Gasteiger partial charge is 0.497 e. The molecule has 0 aliphatic carbocycles. The fraction of sp³-hybridized carbons (Fsp3) is 0.250. The maximum Gasteiger partial charge on any atom is 0.231 e. The van der Waals surface area contributed by atoms with Crippen LogP contribution < -0.4 is 24.4 Å². The predicted octanol–water partition coefficient (Wildman–Crippen LogP) is 3.06. The molecule has 1 unspecified atom stereocenters. The number of pyridine rings is 2. The van der Waals surface area contributed by atoms with E-state index in [9.17, 15) is 9.59 Å². The lowest BCUT2D eigenvalue weighted by Crippen LogP contribution is -2.28. The van der Waals surface area contributed by atoms with Gasteiger partial charge in [-0.2, -0.15) is 0 Å². The van der Waals surface area contributed by atoms with Crippen molar-refractivity contribution in [1.29, 1.82) is 0 Å². The molecule has 0 bridgehead atoms. The SMILES string of the molecule is COc1ccc(OC)c(N2CC(C(=O)Nc3ncccc3OCc3ccncc3)CC2=O)c1. The summed E-state index contributed by atoms with van der Waals surface area (Å²) in [5.74, 6) is 0.845. The monoisotopic (exact) mass is 448 g/mol. The molecule has 1 aliphatic heterocycles. The van der Waals surface area contributed by atoms with Crippen LogP contribution in [0.1, 0.15) is 12.0 Å². The van der Waals surface area contributed by atoms with Crippen LogP contribution in [-0.4, -0.2) is 42.5 Å². The first-order valence-electron chi connectivity index (χ1n) is 10.4. The fourth-order valence-corrected chi connectivity index (χ4v) is 3.58. The molecule has 0 radical (unpaired) electrons. The van der Waals surface area contributed by atoms with Gasteiger partial charge in [0, 0.05) is 37.6 Å². The number of carbonyl (C=O) groups excluding carboxylic acids is 2. The lowest BCUT2D eigenvalue weighted by Gasteiger charge is -2.20. The Kier molecular flexibility index (Phi) is 6.68. The van der Waals surface area contributed by atoms with Crippen LogP contribution in [0.15, 0.2) is 61.1 Å². The van der Waals surface area contributed by atoms with Crippen LogP contribution in [0.3, 0.4) is 0 Å². The van der Waals surface area contributed by atoms with Crippen molar-refractivity contribution >= 4 is 23.3 Å². The number of ether oxygens (including phenoxy) is 3. The van der Waals surface area contributed by atoms with E-state index in [0.29, 0.717) is 35.4 Å². The van der Waals surface area contributed by atoms with Gasteiger partial charge in [0.1, 0.15) is 18.1 Å². The van der Waals surface area contributed by atoms with Gasteiger partial charge in [-0.05, 0) is 42.0 Å². The molecule has 9 heteroatoms. The molecule has 0 spiro atoms. The first kappa shape index (κ1) is 22.1. The minimum atomic E-state index is -0.552. The summed E-state index contributed by atoms with van der Waals surface area (Å²) in [6.45, 7) is 0.524. The number of nitrogens with zero attached hydrogens (tertiary/aromatic N) is 3. The molecule has 33 heavy (non-hydrogen) atoms. The Bertz CT molecular complexity index is 1140. The van der Waals surface area contributed by atoms with Gasteiger partial charge in [0.05, 0.1) is 25.8 Å². The van der Waals surface area contributed by atoms with Gasteiger partial charge in [0.2, 0.25) is 11.8 Å². The number of hydrogen-bond acceptors (Lipinski definition) is 7. The molecule has 1 atom stereocenters. The molecule has 9 nitrogen and oxygen atoms in total. The lowest BCUT2D eigenvalue weighted by atomic mass is 10.1. The molecule has 4 rings (SSSR count). The van der Waals surface area contributed by atoms with Gasteiger partial charge in [0.25, 0.3) is 0 Å². The topological polar surface area (TPSA) is 103 Å². The summed E-state index contributed by atoms with van der Waals surface area (Å²) in [6.07, 6.45) is 5.02. The molecule has 0 saturated carbocycles. The Hall–Kier alpha value is -4.14. The quantitative estimate of drug-likeness (QED) is 0.565. The van der Waals surface area contributed by atoms with E-state index in [2.05, 4.69) is 15.3 Å². The van der Waals surface area contributed by atoms with E-state index in [-0.39, 0.29) is 24.8 Å². The molecule has 1 aliphatic rings. The second-order valence-electron chi connectivity index (χ2n) is 7.43. The number of nitrogens with one attached hydrogen (secondary N) is 1. The molecular weight excluding hydrogens is 424 g/mol. The van der Waals surface area contributed by atoms with Gasteiger partial charge in [-0.1, -0.05) is 0 Å². The number of methoxy groups -OCH3 is 2. The molecule has 170 valence electrons. The third kappa shape index (κ3) is 5.03. The Morgan fingerprint density at radius 3 is 2.67 bits per heavy atom. The van der Waals surface area contributed by atoms with Gasteiger partial charge in [-0.15, -0.1) is 0 Å². The second kappa shape index (κ2) is 9.99. The van der Waals surface area contributed by atoms with Crippen LogP contribution in [0.25, 0.3) is 0 Å². The van der Waals surface area contributed by atoms with Crippen molar-refractivity contribution in [2.75, 3.05) is 31.0 Å². The summed E-state index contributed by atoms with van der Waals surface area (Å²) < 4.78 is 16.5. The summed E-state index contributed by atoms with van der Waals surface area (Å²) >= 11 is 0. The Labute approximate surface area is 191 Å². The van der Waals surface area contributed by atoms with E-state index in [1.807, 2.05) is 12.1 Å². The highest BCUT2D eigenvalue weighted by Crippen LogP contribution is 2.36. The molecule has 1 aromatic carbocycles. The second-order valence-corrected chi connectivity index (χ2v) is 7.43. The minimum Gasteiger partial charge on any atom is -0.497 e. The molecule has 3 heterocycles. The third-order valence-corrected chi connectivity index (χ3v) is 5.33. The number of aromatic nitrogens is 2. The highest BCUT2D eigenvalue weighted by atomic mass is 16.5. The van der Waals surface area contributed by atoms with Crippen LogP contribution >= 0.6 is 0 Å². The number of amides is 2. The maximum absolute atomic E-state index is 13.0. The van der Waals surface area contributed by atoms with E-state index in [1.54, 1.807) is 60.9 Å². The van der Waals surface area contributed by atoms with Crippen molar-refractivity contribution < 1.29 is 23.8 Å².